The number of esters is 3. The third-order valence-electron chi connectivity index (χ3n) is 12.9. The van der Waals surface area contributed by atoms with Crippen molar-refractivity contribution in [2.75, 3.05) is 132 Å². The lowest BCUT2D eigenvalue weighted by Gasteiger charge is -2.20. The second-order valence-corrected chi connectivity index (χ2v) is 27.3. The summed E-state index contributed by atoms with van der Waals surface area (Å²) in [6, 6.07) is 9.81. The Morgan fingerprint density at radius 1 is 0.387 bits per heavy atom. The van der Waals surface area contributed by atoms with Gasteiger partial charge in [-0.1, -0.05) is 24.3 Å². The number of amides is 4. The highest BCUT2D eigenvalue weighted by Crippen LogP contribution is 2.28. The minimum Gasteiger partial charge on any atom is -0.503 e. The smallest absolute Gasteiger partial charge is 0.407 e. The molecular weight excluding hydrogens is 1500 g/mol. The molecule has 4 amide bonds. The highest BCUT2D eigenvalue weighted by atomic mass is 19.2. The van der Waals surface area contributed by atoms with E-state index in [4.69, 9.17) is 76.2 Å². The highest BCUT2D eigenvalue weighted by molar-refractivity contribution is 5.86. The van der Waals surface area contributed by atoms with Crippen LogP contribution in [0.2, 0.25) is 0 Å². The van der Waals surface area contributed by atoms with Gasteiger partial charge in [-0.2, -0.15) is 17.6 Å². The number of carbonyl (C=O) groups is 8. The molecule has 0 spiro atoms. The first-order valence-corrected chi connectivity index (χ1v) is 34.8. The molecule has 0 aliphatic carbocycles. The molecule has 111 heavy (non-hydrogen) atoms. The van der Waals surface area contributed by atoms with Gasteiger partial charge in [-0.3, -0.25) is 9.59 Å². The van der Waals surface area contributed by atoms with E-state index in [1.807, 2.05) is 0 Å². The minimum atomic E-state index is -1.93. The normalized spacial score (nSPS) is 12.0. The van der Waals surface area contributed by atoms with Gasteiger partial charge in [0, 0.05) is 50.9 Å². The van der Waals surface area contributed by atoms with Crippen molar-refractivity contribution < 1.29 is 155 Å². The zero-order valence-corrected chi connectivity index (χ0v) is 64.2. The van der Waals surface area contributed by atoms with Gasteiger partial charge in [-0.05, 0) is 118 Å². The van der Waals surface area contributed by atoms with Crippen LogP contribution in [0.5, 0.6) is 23.0 Å². The topological polar surface area (TPSA) is 364 Å². The van der Waals surface area contributed by atoms with Crippen LogP contribution >= 0.6 is 0 Å². The fraction of sp³-hybridized carbons (Fsp3) is 0.568. The molecule has 0 aromatic heterocycles. The van der Waals surface area contributed by atoms with E-state index in [1.165, 1.54) is 24.3 Å². The van der Waals surface area contributed by atoms with E-state index in [0.717, 1.165) is 0 Å². The molecule has 0 aliphatic rings. The van der Waals surface area contributed by atoms with E-state index in [1.54, 1.807) is 107 Å². The lowest BCUT2D eigenvalue weighted by Crippen LogP contribution is -2.45. The van der Waals surface area contributed by atoms with Crippen LogP contribution in [-0.2, 0) is 98.5 Å². The van der Waals surface area contributed by atoms with Crippen molar-refractivity contribution in [3.05, 3.63) is 118 Å². The standard InChI is InChI=1S/C37H50F4N2O12.C31H50N2O12.C6H2F4O/c1-36(2,3)54-30(45)23-52-25-9-7-24(8-10-25)21-28(34(46)53-33-31(40)26(38)22-27(39)32(33)41)43-29(44)11-13-48-15-17-50-19-20-51-18-16-49-14-12-42-35(47)55-37(4,5)6;1-30(2,3)44-27(35)22-43-24-9-7-23(8-10-24)21-25(28(36)37)33-26(34)11-13-39-15-17-41-19-20-42-18-16-40-14-12-32-29(38)45-31(4,5)6;7-2-1-3(8)5(10)6(11)4(2)9/h7-10,22,28H,11-21,23H2,1-6H3,(H,42,47)(H,43,44);7-10,25H,11-22H2,1-6H3,(H,32,38)(H,33,34)(H,36,37);1,11H. The second kappa shape index (κ2) is 51.3. The van der Waals surface area contributed by atoms with Gasteiger partial charge < -0.3 is 103 Å². The van der Waals surface area contributed by atoms with Crippen molar-refractivity contribution in [1.82, 2.24) is 21.3 Å². The number of carboxylic acids is 1. The van der Waals surface area contributed by atoms with Crippen LogP contribution in [0.4, 0.5) is 44.7 Å². The summed E-state index contributed by atoms with van der Waals surface area (Å²) in [6.45, 7) is 25.3. The van der Waals surface area contributed by atoms with E-state index in [2.05, 4.69) is 21.3 Å². The molecule has 0 radical (unpaired) electrons. The number of nitrogens with one attached hydrogen (secondary N) is 4. The maximum absolute atomic E-state index is 14.3. The highest BCUT2D eigenvalue weighted by Gasteiger charge is 2.30. The number of hydrogen-bond donors (Lipinski definition) is 6. The van der Waals surface area contributed by atoms with Crippen LogP contribution in [0.25, 0.3) is 0 Å². The Hall–Kier alpha value is -9.24. The minimum absolute atomic E-state index is 0.00235. The zero-order chi connectivity index (χ0) is 83.3. The number of carbonyl (C=O) groups excluding carboxylic acids is 7. The van der Waals surface area contributed by atoms with Crippen molar-refractivity contribution in [3.8, 4) is 23.0 Å². The maximum atomic E-state index is 14.3. The average Bonchev–Trinajstić information content (AvgIpc) is 0.820. The molecule has 6 N–H and O–H groups in total. The summed E-state index contributed by atoms with van der Waals surface area (Å²) in [4.78, 5) is 96.5. The number of carboxylic acid groups (broad SMARTS) is 1. The van der Waals surface area contributed by atoms with Gasteiger partial charge in [0.05, 0.1) is 106 Å². The largest absolute Gasteiger partial charge is 0.503 e. The Morgan fingerprint density at radius 3 is 0.991 bits per heavy atom. The monoisotopic (exact) mass is 1600 g/mol. The van der Waals surface area contributed by atoms with Crippen LogP contribution in [0, 0.1) is 46.5 Å². The van der Waals surface area contributed by atoms with Crippen molar-refractivity contribution in [3.63, 3.8) is 0 Å². The summed E-state index contributed by atoms with van der Waals surface area (Å²) in [7, 11) is 0. The molecule has 624 valence electrons. The Labute approximate surface area is 638 Å². The second-order valence-electron chi connectivity index (χ2n) is 27.3. The van der Waals surface area contributed by atoms with Crippen molar-refractivity contribution in [1.29, 1.82) is 0 Å². The van der Waals surface area contributed by atoms with E-state index in [-0.39, 0.29) is 103 Å². The van der Waals surface area contributed by atoms with E-state index >= 15 is 0 Å². The van der Waals surface area contributed by atoms with Crippen molar-refractivity contribution in [2.45, 2.75) is 143 Å². The Morgan fingerprint density at radius 2 is 0.676 bits per heavy atom. The third kappa shape index (κ3) is 46.9. The number of aliphatic carboxylic acids is 1. The molecule has 0 saturated carbocycles. The summed E-state index contributed by atoms with van der Waals surface area (Å²) < 4.78 is 184. The van der Waals surface area contributed by atoms with E-state index in [9.17, 15) is 78.6 Å². The lowest BCUT2D eigenvalue weighted by molar-refractivity contribution is -0.158. The summed E-state index contributed by atoms with van der Waals surface area (Å²) in [5, 5.41) is 28.0. The zero-order valence-electron chi connectivity index (χ0n) is 64.2. The number of ether oxygens (including phenoxy) is 15. The molecular formula is C74H102F8N4O25. The summed E-state index contributed by atoms with van der Waals surface area (Å²) in [5.41, 5.74) is -1.35. The summed E-state index contributed by atoms with van der Waals surface area (Å²) in [6.07, 6.45) is -1.45. The number of halogens is 8. The van der Waals surface area contributed by atoms with Gasteiger partial charge in [-0.25, -0.2) is 46.3 Å². The van der Waals surface area contributed by atoms with Crippen LogP contribution in [0.15, 0.2) is 60.7 Å². The number of phenols is 1. The summed E-state index contributed by atoms with van der Waals surface area (Å²) in [5.74, 6) is -21.6. The molecule has 4 rings (SSSR count). The third-order valence-corrected chi connectivity index (χ3v) is 12.9. The number of rotatable bonds is 45. The van der Waals surface area contributed by atoms with Gasteiger partial charge in [0.15, 0.2) is 42.2 Å². The number of benzene rings is 4. The van der Waals surface area contributed by atoms with Gasteiger partial charge in [0.2, 0.25) is 40.8 Å². The van der Waals surface area contributed by atoms with Crippen molar-refractivity contribution in [2.24, 2.45) is 0 Å². The van der Waals surface area contributed by atoms with E-state index < -0.39 is 140 Å². The molecule has 4 aromatic carbocycles. The Kier molecular flexibility index (Phi) is 45.2. The number of hydrogen-bond acceptors (Lipinski definition) is 24. The molecule has 29 nitrogen and oxygen atoms in total. The molecule has 0 aliphatic heterocycles. The summed E-state index contributed by atoms with van der Waals surface area (Å²) >= 11 is 0. The Bertz CT molecular complexity index is 3450. The van der Waals surface area contributed by atoms with Crippen LogP contribution < -0.4 is 35.5 Å². The van der Waals surface area contributed by atoms with Gasteiger partial charge in [0.25, 0.3) is 0 Å². The molecule has 2 unspecified atom stereocenters. The first kappa shape index (κ1) is 97.8. The van der Waals surface area contributed by atoms with Gasteiger partial charge in [0.1, 0.15) is 46.0 Å². The molecule has 0 heterocycles. The molecule has 2 atom stereocenters. The predicted octanol–water partition coefficient (Wildman–Crippen LogP) is 9.03. The maximum Gasteiger partial charge on any atom is 0.407 e. The van der Waals surface area contributed by atoms with Crippen LogP contribution in [0.3, 0.4) is 0 Å². The predicted molar refractivity (Wildman–Crippen MR) is 379 cm³/mol. The molecule has 4 aromatic rings. The molecule has 37 heteroatoms. The van der Waals surface area contributed by atoms with Crippen LogP contribution in [-0.4, -0.2) is 225 Å². The molecule has 0 bridgehead atoms. The van der Waals surface area contributed by atoms with Crippen LogP contribution in [0.1, 0.15) is 107 Å². The van der Waals surface area contributed by atoms with E-state index in [0.29, 0.717) is 89.4 Å². The molecule has 0 fully saturated rings. The van der Waals surface area contributed by atoms with Gasteiger partial charge >= 0.3 is 36.1 Å². The lowest BCUT2D eigenvalue weighted by atomic mass is 10.1. The molecule has 0 saturated heterocycles. The first-order chi connectivity index (χ1) is 52.0. The van der Waals surface area contributed by atoms with Crippen molar-refractivity contribution >= 4 is 47.9 Å². The number of aromatic hydroxyl groups is 1. The number of phenolic OH excluding ortho intramolecular Hbond substituents is 1. The quantitative estimate of drug-likeness (QED) is 0.00600. The fourth-order valence-corrected chi connectivity index (χ4v) is 8.17. The first-order valence-electron chi connectivity index (χ1n) is 34.8. The fourth-order valence-electron chi connectivity index (χ4n) is 8.17. The Balaban J connectivity index is 0.000000669. The average molecular weight is 1600 g/mol. The number of alkyl carbamates (subject to hydrolysis) is 2. The van der Waals surface area contributed by atoms with Gasteiger partial charge in [-0.15, -0.1) is 0 Å². The SMILES string of the molecule is CC(C)(C)OC(=O)COc1ccc(CC(NC(=O)CCOCCOCCOCCOCCNC(=O)OC(C)(C)C)C(=O)O)cc1.CC(C)(C)OC(=O)COc1ccc(CC(NC(=O)CCOCCOCCOCCOCCNC(=O)OC(C)(C)C)C(=O)Oc2c(F)c(F)cc(F)c2F)cc1.Oc1c(F)c(F)cc(F)c1F.